The average Bonchev–Trinajstić information content (AvgIpc) is 3.25. The largest absolute Gasteiger partial charge is 0.384 e. The highest BCUT2D eigenvalue weighted by Crippen LogP contribution is 2.39. The van der Waals surface area contributed by atoms with Crippen LogP contribution >= 0.6 is 0 Å². The molecule has 2 aromatic carbocycles. The van der Waals surface area contributed by atoms with Crippen LogP contribution in [0.4, 0.5) is 4.39 Å². The molecular weight excluding hydrogens is 403 g/mol. The Bertz CT molecular complexity index is 1200. The molecule has 154 valence electrons. The van der Waals surface area contributed by atoms with Crippen LogP contribution in [0.5, 0.6) is 0 Å². The molecule has 30 heavy (non-hydrogen) atoms. The summed E-state index contributed by atoms with van der Waals surface area (Å²) in [6, 6.07) is 15.0. The van der Waals surface area contributed by atoms with Crippen molar-refractivity contribution in [3.05, 3.63) is 83.8 Å². The number of hydrogen-bond donors (Lipinski definition) is 2. The third-order valence-corrected chi connectivity index (χ3v) is 6.34. The van der Waals surface area contributed by atoms with E-state index in [2.05, 4.69) is 15.2 Å². The van der Waals surface area contributed by atoms with Crippen LogP contribution in [0.25, 0.3) is 10.9 Å². The first kappa shape index (κ1) is 20.3. The number of nitrogens with one attached hydrogen (secondary N) is 1. The van der Waals surface area contributed by atoms with Crippen LogP contribution in [-0.2, 0) is 22.8 Å². The van der Waals surface area contributed by atoms with Crippen LogP contribution in [-0.4, -0.2) is 35.7 Å². The fourth-order valence-corrected chi connectivity index (χ4v) is 4.15. The van der Waals surface area contributed by atoms with Crippen molar-refractivity contribution in [3.8, 4) is 0 Å². The van der Waals surface area contributed by atoms with E-state index < -0.39 is 22.3 Å². The van der Waals surface area contributed by atoms with Gasteiger partial charge in [0, 0.05) is 45.4 Å². The Kier molecular flexibility index (Phi) is 5.44. The molecule has 4 rings (SSSR count). The molecule has 0 saturated heterocycles. The minimum Gasteiger partial charge on any atom is -0.384 e. The zero-order valence-electron chi connectivity index (χ0n) is 16.5. The Balaban J connectivity index is 1.77. The van der Waals surface area contributed by atoms with Gasteiger partial charge in [0.05, 0.1) is 5.52 Å². The fourth-order valence-electron chi connectivity index (χ4n) is 3.60. The van der Waals surface area contributed by atoms with E-state index in [0.29, 0.717) is 17.1 Å². The van der Waals surface area contributed by atoms with Crippen molar-refractivity contribution in [1.29, 1.82) is 0 Å². The van der Waals surface area contributed by atoms with Gasteiger partial charge in [0.15, 0.2) is 0 Å². The summed E-state index contributed by atoms with van der Waals surface area (Å²) < 4.78 is 25.2. The first-order valence-corrected chi connectivity index (χ1v) is 11.0. The second kappa shape index (κ2) is 8.04. The molecule has 2 heterocycles. The number of aliphatic hydroxyl groups is 1. The maximum Gasteiger partial charge on any atom is 0.137 e. The summed E-state index contributed by atoms with van der Waals surface area (Å²) in [4.78, 5) is 9.62. The minimum absolute atomic E-state index is 0.160. The first-order valence-electron chi connectivity index (χ1n) is 9.43. The number of rotatable bonds is 6. The summed E-state index contributed by atoms with van der Waals surface area (Å²) in [6.07, 6.45) is 3.18. The lowest BCUT2D eigenvalue weighted by molar-refractivity contribution is 0.00963. The number of pyridine rings is 1. The predicted molar refractivity (Wildman–Crippen MR) is 113 cm³/mol. The molecular formula is C22H21FN4O2S. The molecule has 4 aromatic rings. The molecule has 2 aromatic heterocycles. The van der Waals surface area contributed by atoms with Gasteiger partial charge in [-0.15, -0.1) is 0 Å². The second-order valence-corrected chi connectivity index (χ2v) is 8.69. The topological polar surface area (TPSA) is 91.8 Å². The summed E-state index contributed by atoms with van der Waals surface area (Å²) in [5, 5.41) is 19.3. The zero-order chi connectivity index (χ0) is 21.3. The van der Waals surface area contributed by atoms with E-state index in [4.69, 9.17) is 4.98 Å². The second-order valence-electron chi connectivity index (χ2n) is 7.31. The van der Waals surface area contributed by atoms with Gasteiger partial charge >= 0.3 is 0 Å². The van der Waals surface area contributed by atoms with Crippen LogP contribution in [0.2, 0.25) is 0 Å². The lowest BCUT2D eigenvalue weighted by atomic mass is 9.77. The number of aromatic amines is 1. The molecule has 0 amide bonds. The molecule has 6 nitrogen and oxygen atoms in total. The van der Waals surface area contributed by atoms with Crippen LogP contribution < -0.4 is 0 Å². The molecule has 0 fully saturated rings. The maximum atomic E-state index is 13.5. The van der Waals surface area contributed by atoms with Crippen LogP contribution in [0.1, 0.15) is 29.9 Å². The lowest BCUT2D eigenvalue weighted by Gasteiger charge is -2.34. The number of aromatic nitrogens is 4. The van der Waals surface area contributed by atoms with Crippen molar-refractivity contribution in [2.45, 2.75) is 29.8 Å². The molecule has 3 atom stereocenters. The van der Waals surface area contributed by atoms with Gasteiger partial charge in [-0.25, -0.2) is 9.37 Å². The summed E-state index contributed by atoms with van der Waals surface area (Å²) in [6.45, 7) is 1.88. The van der Waals surface area contributed by atoms with E-state index in [1.54, 1.807) is 24.5 Å². The van der Waals surface area contributed by atoms with E-state index in [-0.39, 0.29) is 12.2 Å². The highest BCUT2D eigenvalue weighted by atomic mass is 32.2. The minimum atomic E-state index is -1.39. The third kappa shape index (κ3) is 3.88. The van der Waals surface area contributed by atoms with Crippen LogP contribution in [0.15, 0.2) is 65.8 Å². The smallest absolute Gasteiger partial charge is 0.137 e. The van der Waals surface area contributed by atoms with Gasteiger partial charge in [-0.2, -0.15) is 5.10 Å². The van der Waals surface area contributed by atoms with Gasteiger partial charge in [0.2, 0.25) is 0 Å². The quantitative estimate of drug-likeness (QED) is 0.495. The van der Waals surface area contributed by atoms with Crippen LogP contribution in [0, 0.1) is 5.82 Å². The highest BCUT2D eigenvalue weighted by Gasteiger charge is 2.38. The molecule has 0 aliphatic heterocycles. The molecule has 0 spiro atoms. The normalized spacial score (nSPS) is 15.6. The number of fused-ring (bicyclic) bond motifs is 1. The van der Waals surface area contributed by atoms with Gasteiger partial charge in [-0.3, -0.25) is 14.3 Å². The Hall–Kier alpha value is -2.97. The SMILES string of the molecule is CC(c1ccc2cc(S(C)=O)ccc2n1)C(O)(Cc1ncn[nH]1)c1ccc(F)cc1. The van der Waals surface area contributed by atoms with E-state index in [9.17, 15) is 13.7 Å². The number of halogens is 1. The number of H-pyrrole nitrogens is 1. The monoisotopic (exact) mass is 424 g/mol. The molecule has 0 aliphatic rings. The van der Waals surface area contributed by atoms with Gasteiger partial charge < -0.3 is 5.11 Å². The standard InChI is InChI=1S/C22H21FN4O2S/c1-14(19-9-3-15-11-18(30(2)29)8-10-20(15)26-19)22(28,12-21-24-13-25-27-21)16-4-6-17(23)7-5-16/h3-11,13-14,28H,12H2,1-2H3,(H,24,25,27). The van der Waals surface area contributed by atoms with Crippen molar-refractivity contribution in [3.63, 3.8) is 0 Å². The molecule has 3 unspecified atom stereocenters. The predicted octanol–water partition coefficient (Wildman–Crippen LogP) is 3.46. The zero-order valence-corrected chi connectivity index (χ0v) is 17.4. The summed E-state index contributed by atoms with van der Waals surface area (Å²) in [5.74, 6) is -0.289. The first-order chi connectivity index (χ1) is 14.4. The summed E-state index contributed by atoms with van der Waals surface area (Å²) in [7, 11) is -1.07. The van der Waals surface area contributed by atoms with Gasteiger partial charge in [-0.05, 0) is 42.0 Å². The summed E-state index contributed by atoms with van der Waals surface area (Å²) >= 11 is 0. The number of hydrogen-bond acceptors (Lipinski definition) is 5. The molecule has 0 saturated carbocycles. The van der Waals surface area contributed by atoms with Crippen molar-refractivity contribution >= 4 is 21.7 Å². The van der Waals surface area contributed by atoms with Crippen molar-refractivity contribution in [2.75, 3.05) is 6.26 Å². The fraction of sp³-hybridized carbons (Fsp3) is 0.227. The van der Waals surface area contributed by atoms with Gasteiger partial charge in [0.25, 0.3) is 0 Å². The van der Waals surface area contributed by atoms with E-state index >= 15 is 0 Å². The Morgan fingerprint density at radius 2 is 1.93 bits per heavy atom. The van der Waals surface area contributed by atoms with Crippen molar-refractivity contribution in [1.82, 2.24) is 20.2 Å². The molecule has 0 bridgehead atoms. The van der Waals surface area contributed by atoms with E-state index in [1.165, 1.54) is 18.5 Å². The third-order valence-electron chi connectivity index (χ3n) is 5.42. The van der Waals surface area contributed by atoms with Gasteiger partial charge in [-0.1, -0.05) is 25.1 Å². The molecule has 2 N–H and O–H groups in total. The van der Waals surface area contributed by atoms with Crippen molar-refractivity contribution in [2.24, 2.45) is 0 Å². The summed E-state index contributed by atoms with van der Waals surface area (Å²) in [5.41, 5.74) is 0.596. The Morgan fingerprint density at radius 1 is 1.17 bits per heavy atom. The van der Waals surface area contributed by atoms with Crippen LogP contribution in [0.3, 0.4) is 0 Å². The molecule has 8 heteroatoms. The lowest BCUT2D eigenvalue weighted by Crippen LogP contribution is -2.35. The Morgan fingerprint density at radius 3 is 2.60 bits per heavy atom. The Labute approximate surface area is 175 Å². The van der Waals surface area contributed by atoms with Crippen molar-refractivity contribution < 1.29 is 13.7 Å². The van der Waals surface area contributed by atoms with Gasteiger partial charge in [0.1, 0.15) is 23.6 Å². The highest BCUT2D eigenvalue weighted by molar-refractivity contribution is 7.84. The number of benzene rings is 2. The number of nitrogens with zero attached hydrogens (tertiary/aromatic N) is 3. The maximum absolute atomic E-state index is 13.5. The molecule has 0 aliphatic carbocycles. The van der Waals surface area contributed by atoms with E-state index in [0.717, 1.165) is 15.8 Å². The molecule has 0 radical (unpaired) electrons. The van der Waals surface area contributed by atoms with E-state index in [1.807, 2.05) is 31.2 Å². The average molecular weight is 425 g/mol.